The molecule has 0 aliphatic rings. The van der Waals surface area contributed by atoms with E-state index in [0.29, 0.717) is 0 Å². The molecule has 0 aromatic heterocycles. The molecule has 0 unspecified atom stereocenters. The minimum atomic E-state index is -5.07. The van der Waals surface area contributed by atoms with Gasteiger partial charge in [0.25, 0.3) is 0 Å². The summed E-state index contributed by atoms with van der Waals surface area (Å²) < 4.78 is 103. The van der Waals surface area contributed by atoms with Gasteiger partial charge < -0.3 is 0 Å². The van der Waals surface area contributed by atoms with Crippen LogP contribution in [0, 0.1) is 23.3 Å². The van der Waals surface area contributed by atoms with E-state index in [0.717, 1.165) is 0 Å². The van der Waals surface area contributed by atoms with Crippen LogP contribution < -0.4 is 4.72 Å². The number of rotatable bonds is 8. The molecule has 0 bridgehead atoms. The number of nitrogens with zero attached hydrogens (tertiary/aromatic N) is 3. The van der Waals surface area contributed by atoms with Crippen molar-refractivity contribution in [3.05, 3.63) is 45.2 Å². The molecule has 14 heteroatoms. The highest BCUT2D eigenvalue weighted by molar-refractivity contribution is 7.95. The first kappa shape index (κ1) is 21.9. The van der Waals surface area contributed by atoms with E-state index in [1.165, 1.54) is 6.92 Å². The van der Waals surface area contributed by atoms with Gasteiger partial charge in [-0.3, -0.25) is 0 Å². The van der Waals surface area contributed by atoms with E-state index in [2.05, 4.69) is 11.7 Å². The summed E-state index contributed by atoms with van der Waals surface area (Å²) in [6.45, 7) is 3.86. The fourth-order valence-electron chi connectivity index (χ4n) is 1.68. The summed E-state index contributed by atoms with van der Waals surface area (Å²) in [4.78, 5) is -0.127. The monoisotopic (exact) mass is 416 g/mol. The van der Waals surface area contributed by atoms with Crippen LogP contribution in [0.4, 0.5) is 23.2 Å². The lowest BCUT2D eigenvalue weighted by molar-refractivity contribution is 0.421. The molecule has 144 valence electrons. The Hall–Kier alpha value is -2.15. The van der Waals surface area contributed by atoms with Gasteiger partial charge >= 0.3 is 0 Å². The molecule has 0 heterocycles. The van der Waals surface area contributed by atoms with Crippen LogP contribution in [0.25, 0.3) is 10.4 Å². The molecule has 0 aliphatic carbocycles. The van der Waals surface area contributed by atoms with Gasteiger partial charge in [0.2, 0.25) is 10.0 Å². The summed E-state index contributed by atoms with van der Waals surface area (Å²) in [6, 6.07) is 0. The second-order valence-electron chi connectivity index (χ2n) is 4.90. The van der Waals surface area contributed by atoms with Gasteiger partial charge in [-0.1, -0.05) is 11.7 Å². The molecule has 0 saturated carbocycles. The first-order valence-electron chi connectivity index (χ1n) is 6.65. The molecule has 0 radical (unpaired) electrons. The fraction of sp³-hybridized carbons (Fsp3) is 0.333. The van der Waals surface area contributed by atoms with Crippen LogP contribution in [0.3, 0.4) is 0 Å². The van der Waals surface area contributed by atoms with Crippen molar-refractivity contribution >= 4 is 25.5 Å². The van der Waals surface area contributed by atoms with Gasteiger partial charge in [-0.2, -0.15) is 0 Å². The third-order valence-corrected chi connectivity index (χ3v) is 6.39. The molecule has 0 saturated heterocycles. The van der Waals surface area contributed by atoms with E-state index in [-0.39, 0.29) is 11.3 Å². The lowest BCUT2D eigenvalue weighted by Crippen LogP contribution is -2.28. The summed E-state index contributed by atoms with van der Waals surface area (Å²) in [5.41, 5.74) is 6.46. The Morgan fingerprint density at radius 1 is 1.12 bits per heavy atom. The summed E-state index contributed by atoms with van der Waals surface area (Å²) in [6.07, 6.45) is -0.292. The molecule has 0 aliphatic heterocycles. The molecule has 8 nitrogen and oxygen atoms in total. The maximum atomic E-state index is 13.8. The zero-order valence-electron chi connectivity index (χ0n) is 13.1. The van der Waals surface area contributed by atoms with E-state index in [1.54, 1.807) is 4.72 Å². The molecular formula is C12H12F4N4O4S2. The Morgan fingerprint density at radius 2 is 1.62 bits per heavy atom. The first-order valence-corrected chi connectivity index (χ1v) is 9.79. The van der Waals surface area contributed by atoms with Crippen molar-refractivity contribution in [1.29, 1.82) is 0 Å². The van der Waals surface area contributed by atoms with Crippen molar-refractivity contribution in [2.45, 2.75) is 18.2 Å². The maximum Gasteiger partial charge on any atom is 0.246 e. The number of azide groups is 1. The predicted octanol–water partition coefficient (Wildman–Crippen LogP) is 2.80. The highest BCUT2D eigenvalue weighted by Gasteiger charge is 2.32. The lowest BCUT2D eigenvalue weighted by Gasteiger charge is -2.11. The number of hydrogen-bond acceptors (Lipinski definition) is 5. The largest absolute Gasteiger partial charge is 0.246 e. The number of nitrogens with one attached hydrogen (secondary N) is 1. The zero-order chi connectivity index (χ0) is 20.3. The molecule has 0 spiro atoms. The van der Waals surface area contributed by atoms with Crippen LogP contribution in [0.5, 0.6) is 0 Å². The topological polar surface area (TPSA) is 129 Å². The van der Waals surface area contributed by atoms with Crippen LogP contribution in [0.1, 0.15) is 13.3 Å². The first-order chi connectivity index (χ1) is 11.9. The quantitative estimate of drug-likeness (QED) is 0.174. The highest BCUT2D eigenvalue weighted by Crippen LogP contribution is 2.32. The summed E-state index contributed by atoms with van der Waals surface area (Å²) >= 11 is 0. The van der Waals surface area contributed by atoms with E-state index in [4.69, 9.17) is 5.53 Å². The van der Waals surface area contributed by atoms with Crippen molar-refractivity contribution in [3.8, 4) is 0 Å². The number of halogens is 4. The lowest BCUT2D eigenvalue weighted by atomic mass is 10.2. The van der Waals surface area contributed by atoms with Crippen LogP contribution >= 0.6 is 0 Å². The van der Waals surface area contributed by atoms with Crippen LogP contribution in [0.15, 0.2) is 21.5 Å². The molecule has 1 aromatic carbocycles. The second kappa shape index (κ2) is 8.03. The van der Waals surface area contributed by atoms with Crippen molar-refractivity contribution in [2.24, 2.45) is 5.11 Å². The van der Waals surface area contributed by atoms with Crippen LogP contribution in [0.2, 0.25) is 0 Å². The molecule has 26 heavy (non-hydrogen) atoms. The molecule has 1 N–H and O–H groups in total. The van der Waals surface area contributed by atoms with Crippen LogP contribution in [-0.2, 0) is 19.9 Å². The van der Waals surface area contributed by atoms with Crippen LogP contribution in [-0.4, -0.2) is 29.1 Å². The Kier molecular flexibility index (Phi) is 6.76. The maximum absolute atomic E-state index is 13.8. The number of sulfone groups is 1. The SMILES string of the molecule is C=C(C)S(=O)(=O)CCCNS(=O)(=O)c1c(F)c(F)c(N=[N+]=[N-])c(F)c1F. The number of hydrogen-bond donors (Lipinski definition) is 1. The minimum Gasteiger partial charge on any atom is -0.224 e. The third-order valence-electron chi connectivity index (χ3n) is 3.03. The van der Waals surface area contributed by atoms with Gasteiger partial charge in [-0.05, 0) is 18.9 Å². The van der Waals surface area contributed by atoms with Crippen molar-refractivity contribution in [3.63, 3.8) is 0 Å². The summed E-state index contributed by atoms with van der Waals surface area (Å²) in [5, 5.41) is 2.43. The Morgan fingerprint density at radius 3 is 2.04 bits per heavy atom. The van der Waals surface area contributed by atoms with E-state index >= 15 is 0 Å². The minimum absolute atomic E-state index is 0.157. The number of benzene rings is 1. The smallest absolute Gasteiger partial charge is 0.224 e. The number of sulfonamides is 1. The molecule has 0 atom stereocenters. The summed E-state index contributed by atoms with van der Waals surface area (Å²) in [5.74, 6) is -9.45. The summed E-state index contributed by atoms with van der Waals surface area (Å²) in [7, 11) is -8.73. The zero-order valence-corrected chi connectivity index (χ0v) is 14.8. The Labute approximate surface area is 146 Å². The Bertz CT molecular complexity index is 974. The van der Waals surface area contributed by atoms with Gasteiger partial charge in [-0.15, -0.1) is 0 Å². The van der Waals surface area contributed by atoms with Gasteiger partial charge in [-0.25, -0.2) is 39.1 Å². The van der Waals surface area contributed by atoms with E-state index in [1.807, 2.05) is 4.91 Å². The standard InChI is InChI=1S/C12H12F4N4O4S2/c1-6(2)25(21,22)5-3-4-18-26(23,24)12-9(15)7(13)11(19-20-17)8(14)10(12)16/h18H,1,3-5H2,2H3. The molecule has 1 aromatic rings. The average Bonchev–Trinajstić information content (AvgIpc) is 2.53. The van der Waals surface area contributed by atoms with Crippen molar-refractivity contribution < 1.29 is 34.4 Å². The fourth-order valence-corrected chi connectivity index (χ4v) is 3.76. The van der Waals surface area contributed by atoms with Crippen molar-refractivity contribution in [2.75, 3.05) is 12.3 Å². The predicted molar refractivity (Wildman–Crippen MR) is 83.5 cm³/mol. The van der Waals surface area contributed by atoms with Gasteiger partial charge in [0.15, 0.2) is 38.0 Å². The van der Waals surface area contributed by atoms with Gasteiger partial charge in [0, 0.05) is 16.4 Å². The highest BCUT2D eigenvalue weighted by atomic mass is 32.2. The van der Waals surface area contributed by atoms with Gasteiger partial charge in [0.1, 0.15) is 5.69 Å². The molecule has 0 fully saturated rings. The Balaban J connectivity index is 3.15. The van der Waals surface area contributed by atoms with Gasteiger partial charge in [0.05, 0.1) is 5.75 Å². The van der Waals surface area contributed by atoms with E-state index < -0.39 is 66.0 Å². The third kappa shape index (κ3) is 4.52. The van der Waals surface area contributed by atoms with Crippen molar-refractivity contribution in [1.82, 2.24) is 4.72 Å². The van der Waals surface area contributed by atoms with E-state index in [9.17, 15) is 34.4 Å². The second-order valence-corrected chi connectivity index (χ2v) is 8.93. The normalized spacial score (nSPS) is 11.9. The average molecular weight is 416 g/mol. The molecular weight excluding hydrogens is 404 g/mol. The number of allylic oxidation sites excluding steroid dienone is 1. The molecule has 1 rings (SSSR count). The molecule has 0 amide bonds.